The van der Waals surface area contributed by atoms with Crippen molar-refractivity contribution >= 4 is 7.82 Å². The van der Waals surface area contributed by atoms with Crippen molar-refractivity contribution in [1.29, 1.82) is 0 Å². The van der Waals surface area contributed by atoms with E-state index < -0.39 is 7.82 Å². The van der Waals surface area contributed by atoms with Crippen molar-refractivity contribution in [3.63, 3.8) is 0 Å². The largest absolute Gasteiger partial charge is 0.466 e. The Bertz CT molecular complexity index is 438. The Morgan fingerprint density at radius 2 is 0.700 bits per heavy atom. The van der Waals surface area contributed by atoms with Crippen LogP contribution >= 0.6 is 7.82 Å². The molecule has 0 fully saturated rings. The van der Waals surface area contributed by atoms with E-state index in [0.29, 0.717) is 19.6 Å². The summed E-state index contributed by atoms with van der Waals surface area (Å²) in [5.74, 6) is 0. The lowest BCUT2D eigenvalue weighted by molar-refractivity contribution is 0.125. The maximum Gasteiger partial charge on any atom is 0.466 e. The van der Waals surface area contributed by atoms with Gasteiger partial charge in [-0.2, -0.15) is 0 Å². The van der Waals surface area contributed by atoms with Gasteiger partial charge in [0.05, 0.1) is 19.8 Å². The Morgan fingerprint density at radius 3 is 0.925 bits per heavy atom. The molecule has 6 N–H and O–H groups in total. The molecular weight excluding hydrogens is 533 g/mol. The van der Waals surface area contributed by atoms with E-state index in [1.54, 1.807) is 4.90 Å². The van der Waals surface area contributed by atoms with Crippen LogP contribution in [0.15, 0.2) is 0 Å². The summed E-state index contributed by atoms with van der Waals surface area (Å²) in [6, 6.07) is 0. The zero-order chi connectivity index (χ0) is 30.6. The van der Waals surface area contributed by atoms with E-state index in [2.05, 4.69) is 13.8 Å². The van der Waals surface area contributed by atoms with Crippen molar-refractivity contribution in [2.75, 3.05) is 52.7 Å². The molecule has 0 amide bonds. The fourth-order valence-corrected chi connectivity index (χ4v) is 4.24. The molecule has 246 valence electrons. The standard InChI is InChI=1S/C24H50O.C6H15NO3.H3O4P/c1-3-5-7-9-11-13-15-17-19-21-23-25-24-22-20-18-16-14-12-10-8-6-4-2;8-4-1-7(2-5-9)3-6-10;1-5(2,3)4/h3-24H2,1-2H3;8-10H,1-6H2;(H3,1,2,3,4). The molecule has 0 atom stereocenters. The Balaban J connectivity index is -0.000000745. The molecular formula is C30H68NO8P. The van der Waals surface area contributed by atoms with Gasteiger partial charge in [-0.1, -0.05) is 129 Å². The van der Waals surface area contributed by atoms with Gasteiger partial charge in [-0.05, 0) is 12.8 Å². The van der Waals surface area contributed by atoms with Crippen LogP contribution in [0.25, 0.3) is 0 Å². The lowest BCUT2D eigenvalue weighted by atomic mass is 10.1. The number of aliphatic hydroxyl groups is 3. The van der Waals surface area contributed by atoms with E-state index in [4.69, 9.17) is 39.3 Å². The first-order chi connectivity index (χ1) is 19.3. The van der Waals surface area contributed by atoms with Crippen LogP contribution in [0.1, 0.15) is 142 Å². The van der Waals surface area contributed by atoms with Gasteiger partial charge in [0.15, 0.2) is 0 Å². The van der Waals surface area contributed by atoms with Crippen molar-refractivity contribution in [1.82, 2.24) is 4.90 Å². The predicted octanol–water partition coefficient (Wildman–Crippen LogP) is 6.18. The number of rotatable bonds is 28. The number of hydrogen-bond donors (Lipinski definition) is 6. The van der Waals surface area contributed by atoms with Crippen LogP contribution < -0.4 is 0 Å². The molecule has 0 unspecified atom stereocenters. The Labute approximate surface area is 247 Å². The zero-order valence-corrected chi connectivity index (χ0v) is 27.1. The van der Waals surface area contributed by atoms with E-state index in [0.717, 1.165) is 13.2 Å². The summed E-state index contributed by atoms with van der Waals surface area (Å²) in [6.45, 7) is 8.32. The number of nitrogens with zero attached hydrogens (tertiary/aromatic N) is 1. The molecule has 0 bridgehead atoms. The van der Waals surface area contributed by atoms with Crippen molar-refractivity contribution in [3.8, 4) is 0 Å². The second-order valence-electron chi connectivity index (χ2n) is 10.5. The highest BCUT2D eigenvalue weighted by Crippen LogP contribution is 2.25. The van der Waals surface area contributed by atoms with Crippen molar-refractivity contribution in [2.45, 2.75) is 142 Å². The highest BCUT2D eigenvalue weighted by Gasteiger charge is 2.01. The van der Waals surface area contributed by atoms with Gasteiger partial charge in [0.1, 0.15) is 0 Å². The third-order valence-corrected chi connectivity index (χ3v) is 6.53. The first kappa shape index (κ1) is 44.4. The molecule has 0 spiro atoms. The lowest BCUT2D eigenvalue weighted by Gasteiger charge is -2.17. The fourth-order valence-electron chi connectivity index (χ4n) is 4.24. The second-order valence-corrected chi connectivity index (χ2v) is 11.5. The molecule has 0 aromatic carbocycles. The molecule has 10 heteroatoms. The average molecular weight is 602 g/mol. The van der Waals surface area contributed by atoms with Crippen molar-refractivity contribution in [3.05, 3.63) is 0 Å². The molecule has 0 saturated heterocycles. The molecule has 0 radical (unpaired) electrons. The van der Waals surface area contributed by atoms with Crippen LogP contribution in [0.3, 0.4) is 0 Å². The molecule has 0 aromatic heterocycles. The third kappa shape index (κ3) is 54.1. The molecule has 40 heavy (non-hydrogen) atoms. The summed E-state index contributed by atoms with van der Waals surface area (Å²) >= 11 is 0. The molecule has 9 nitrogen and oxygen atoms in total. The minimum absolute atomic E-state index is 0.0694. The SMILES string of the molecule is CCCCCCCCCCCCOCCCCCCCCCCCC.O=P(O)(O)O.OCCN(CCO)CCO. The predicted molar refractivity (Wildman–Crippen MR) is 166 cm³/mol. The van der Waals surface area contributed by atoms with Crippen LogP contribution in [0.2, 0.25) is 0 Å². The van der Waals surface area contributed by atoms with Gasteiger partial charge in [0.2, 0.25) is 0 Å². The summed E-state index contributed by atoms with van der Waals surface area (Å²) in [5, 5.41) is 25.5. The second kappa shape index (κ2) is 38.9. The highest BCUT2D eigenvalue weighted by atomic mass is 31.2. The number of hydrogen-bond acceptors (Lipinski definition) is 6. The molecule has 0 saturated carbocycles. The van der Waals surface area contributed by atoms with Crippen molar-refractivity contribution in [2.24, 2.45) is 0 Å². The average Bonchev–Trinajstić information content (AvgIpc) is 2.89. The van der Waals surface area contributed by atoms with E-state index >= 15 is 0 Å². The quantitative estimate of drug-likeness (QED) is 0.0456. The summed E-state index contributed by atoms with van der Waals surface area (Å²) in [5.41, 5.74) is 0. The van der Waals surface area contributed by atoms with Crippen LogP contribution in [0.5, 0.6) is 0 Å². The zero-order valence-electron chi connectivity index (χ0n) is 26.2. The van der Waals surface area contributed by atoms with Gasteiger partial charge < -0.3 is 34.7 Å². The van der Waals surface area contributed by atoms with Gasteiger partial charge >= 0.3 is 7.82 Å². The van der Waals surface area contributed by atoms with E-state index in [9.17, 15) is 0 Å². The van der Waals surface area contributed by atoms with Crippen LogP contribution in [-0.2, 0) is 9.30 Å². The number of aliphatic hydroxyl groups excluding tert-OH is 3. The van der Waals surface area contributed by atoms with Crippen LogP contribution in [0, 0.1) is 0 Å². The monoisotopic (exact) mass is 601 g/mol. The van der Waals surface area contributed by atoms with E-state index in [1.165, 1.54) is 128 Å². The van der Waals surface area contributed by atoms with E-state index in [1.807, 2.05) is 0 Å². The lowest BCUT2D eigenvalue weighted by Crippen LogP contribution is -2.32. The maximum absolute atomic E-state index is 8.88. The molecule has 0 aromatic rings. The van der Waals surface area contributed by atoms with Gasteiger partial charge in [0.25, 0.3) is 0 Å². The number of unbranched alkanes of at least 4 members (excludes halogenated alkanes) is 18. The minimum Gasteiger partial charge on any atom is -0.395 e. The smallest absolute Gasteiger partial charge is 0.395 e. The topological polar surface area (TPSA) is 151 Å². The fraction of sp³-hybridized carbons (Fsp3) is 1.00. The molecule has 0 rings (SSSR count). The highest BCUT2D eigenvalue weighted by molar-refractivity contribution is 7.45. The van der Waals surface area contributed by atoms with Gasteiger partial charge in [-0.3, -0.25) is 4.90 Å². The summed E-state index contributed by atoms with van der Waals surface area (Å²) in [6.07, 6.45) is 28.2. The van der Waals surface area contributed by atoms with Crippen LogP contribution in [0.4, 0.5) is 0 Å². The molecule has 0 aliphatic rings. The molecule has 0 aliphatic carbocycles. The Morgan fingerprint density at radius 1 is 0.475 bits per heavy atom. The molecule has 0 aliphatic heterocycles. The summed E-state index contributed by atoms with van der Waals surface area (Å²) in [4.78, 5) is 23.4. The number of ether oxygens (including phenoxy) is 1. The molecule has 0 heterocycles. The third-order valence-electron chi connectivity index (χ3n) is 6.53. The van der Waals surface area contributed by atoms with E-state index in [-0.39, 0.29) is 19.8 Å². The first-order valence-electron chi connectivity index (χ1n) is 16.2. The minimum atomic E-state index is -4.64. The van der Waals surface area contributed by atoms with Crippen molar-refractivity contribution < 1.29 is 39.3 Å². The first-order valence-corrected chi connectivity index (χ1v) is 17.7. The van der Waals surface area contributed by atoms with Gasteiger partial charge in [-0.15, -0.1) is 0 Å². The van der Waals surface area contributed by atoms with Gasteiger partial charge in [0, 0.05) is 32.8 Å². The Kier molecular flexibility index (Phi) is 43.1. The Hall–Kier alpha value is -0.0900. The normalized spacial score (nSPS) is 11.2. The number of phosphoric acid groups is 1. The summed E-state index contributed by atoms with van der Waals surface area (Å²) in [7, 11) is -4.64. The maximum atomic E-state index is 8.88. The van der Waals surface area contributed by atoms with Gasteiger partial charge in [-0.25, -0.2) is 4.57 Å². The van der Waals surface area contributed by atoms with Crippen LogP contribution in [-0.4, -0.2) is 87.6 Å². The summed E-state index contributed by atoms with van der Waals surface area (Å²) < 4.78 is 14.7.